The number of rotatable bonds is 7. The first-order chi connectivity index (χ1) is 8.19. The van der Waals surface area contributed by atoms with Crippen LogP contribution >= 0.6 is 15.9 Å². The van der Waals surface area contributed by atoms with Crippen molar-refractivity contribution in [1.29, 1.82) is 0 Å². The molecule has 0 heterocycles. The Balaban J connectivity index is 2.86. The number of hydrogen-bond acceptors (Lipinski definition) is 2. The number of hydrogen-bond donors (Lipinski definition) is 0. The van der Waals surface area contributed by atoms with Crippen LogP contribution in [0.15, 0.2) is 18.2 Å². The summed E-state index contributed by atoms with van der Waals surface area (Å²) in [6.07, 6.45) is 2.01. The average molecular weight is 301 g/mol. The average Bonchev–Trinajstić information content (AvgIpc) is 2.34. The van der Waals surface area contributed by atoms with Crippen LogP contribution in [0.4, 0.5) is 0 Å². The van der Waals surface area contributed by atoms with Gasteiger partial charge in [0, 0.05) is 4.83 Å². The molecule has 96 valence electrons. The third kappa shape index (κ3) is 4.58. The Hall–Kier alpha value is -0.700. The van der Waals surface area contributed by atoms with Crippen molar-refractivity contribution in [3.05, 3.63) is 23.8 Å². The van der Waals surface area contributed by atoms with E-state index in [1.807, 2.05) is 6.07 Å². The maximum atomic E-state index is 5.73. The zero-order valence-electron chi connectivity index (χ0n) is 10.8. The molecule has 0 aliphatic rings. The third-order valence-electron chi connectivity index (χ3n) is 2.35. The minimum absolute atomic E-state index is 0.326. The standard InChI is InChI=1S/C14H21BrO2/c1-4-8-16-13-7-6-12(11(3)15)10-14(13)17-9-5-2/h6-7,10-11H,4-5,8-9H2,1-3H3. The summed E-state index contributed by atoms with van der Waals surface area (Å²) in [7, 11) is 0. The van der Waals surface area contributed by atoms with Crippen LogP contribution in [0, 0.1) is 0 Å². The van der Waals surface area contributed by atoms with Crippen LogP contribution in [0.2, 0.25) is 0 Å². The highest BCUT2D eigenvalue weighted by Gasteiger charge is 2.09. The molecule has 2 nitrogen and oxygen atoms in total. The summed E-state index contributed by atoms with van der Waals surface area (Å²) in [4.78, 5) is 0.326. The molecule has 0 saturated heterocycles. The van der Waals surface area contributed by atoms with E-state index in [1.165, 1.54) is 5.56 Å². The van der Waals surface area contributed by atoms with E-state index in [0.717, 1.165) is 37.6 Å². The lowest BCUT2D eigenvalue weighted by Gasteiger charge is -2.14. The maximum Gasteiger partial charge on any atom is 0.161 e. The van der Waals surface area contributed by atoms with E-state index in [0.29, 0.717) is 4.83 Å². The monoisotopic (exact) mass is 300 g/mol. The van der Waals surface area contributed by atoms with Gasteiger partial charge in [0.1, 0.15) is 0 Å². The van der Waals surface area contributed by atoms with Crippen LogP contribution in [0.3, 0.4) is 0 Å². The predicted molar refractivity (Wildman–Crippen MR) is 75.4 cm³/mol. The molecule has 0 radical (unpaired) electrons. The Bertz CT molecular complexity index is 337. The highest BCUT2D eigenvalue weighted by Crippen LogP contribution is 2.33. The van der Waals surface area contributed by atoms with Crippen molar-refractivity contribution < 1.29 is 9.47 Å². The first-order valence-electron chi connectivity index (χ1n) is 6.22. The molecule has 0 aromatic heterocycles. The lowest BCUT2D eigenvalue weighted by molar-refractivity contribution is 0.268. The van der Waals surface area contributed by atoms with Gasteiger partial charge in [-0.15, -0.1) is 0 Å². The van der Waals surface area contributed by atoms with E-state index in [2.05, 4.69) is 48.8 Å². The van der Waals surface area contributed by atoms with Crippen LogP contribution in [0.25, 0.3) is 0 Å². The molecule has 17 heavy (non-hydrogen) atoms. The van der Waals surface area contributed by atoms with Gasteiger partial charge in [-0.25, -0.2) is 0 Å². The summed E-state index contributed by atoms with van der Waals surface area (Å²) in [5.74, 6) is 1.70. The predicted octanol–water partition coefficient (Wildman–Crippen LogP) is 4.72. The molecule has 0 N–H and O–H groups in total. The highest BCUT2D eigenvalue weighted by atomic mass is 79.9. The summed E-state index contributed by atoms with van der Waals surface area (Å²) in [6, 6.07) is 6.12. The summed E-state index contributed by atoms with van der Waals surface area (Å²) >= 11 is 3.57. The van der Waals surface area contributed by atoms with Crippen molar-refractivity contribution in [2.75, 3.05) is 13.2 Å². The molecule has 1 aromatic carbocycles. The summed E-state index contributed by atoms with van der Waals surface area (Å²) < 4.78 is 11.4. The SMILES string of the molecule is CCCOc1ccc(C(C)Br)cc1OCCC. The third-order valence-corrected chi connectivity index (χ3v) is 2.88. The first kappa shape index (κ1) is 14.4. The summed E-state index contributed by atoms with van der Waals surface area (Å²) in [6.45, 7) is 7.75. The Morgan fingerprint density at radius 2 is 1.65 bits per heavy atom. The van der Waals surface area contributed by atoms with Crippen molar-refractivity contribution in [3.8, 4) is 11.5 Å². The van der Waals surface area contributed by atoms with Gasteiger partial charge in [0.25, 0.3) is 0 Å². The second-order valence-corrected chi connectivity index (χ2v) is 5.39. The Kier molecular flexibility index (Phi) is 6.41. The van der Waals surface area contributed by atoms with Crippen molar-refractivity contribution in [2.45, 2.75) is 38.4 Å². The molecule has 1 unspecified atom stereocenters. The quantitative estimate of drug-likeness (QED) is 0.678. The Labute approximate surface area is 112 Å². The van der Waals surface area contributed by atoms with Gasteiger partial charge in [0.15, 0.2) is 11.5 Å². The van der Waals surface area contributed by atoms with E-state index in [4.69, 9.17) is 9.47 Å². The Morgan fingerprint density at radius 3 is 2.18 bits per heavy atom. The molecule has 0 fully saturated rings. The lowest BCUT2D eigenvalue weighted by Crippen LogP contribution is -2.02. The summed E-state index contributed by atoms with van der Waals surface area (Å²) in [5.41, 5.74) is 1.21. The largest absolute Gasteiger partial charge is 0.490 e. The smallest absolute Gasteiger partial charge is 0.161 e. The zero-order valence-corrected chi connectivity index (χ0v) is 12.4. The van der Waals surface area contributed by atoms with Crippen LogP contribution in [0.5, 0.6) is 11.5 Å². The fourth-order valence-corrected chi connectivity index (χ4v) is 1.71. The highest BCUT2D eigenvalue weighted by molar-refractivity contribution is 9.09. The van der Waals surface area contributed by atoms with Crippen LogP contribution in [0.1, 0.15) is 44.0 Å². The minimum atomic E-state index is 0.326. The van der Waals surface area contributed by atoms with Gasteiger partial charge in [0.2, 0.25) is 0 Å². The fourth-order valence-electron chi connectivity index (χ4n) is 1.43. The number of alkyl halides is 1. The van der Waals surface area contributed by atoms with E-state index in [9.17, 15) is 0 Å². The second kappa shape index (κ2) is 7.59. The van der Waals surface area contributed by atoms with Gasteiger partial charge in [-0.05, 0) is 37.5 Å². The molecule has 0 spiro atoms. The van der Waals surface area contributed by atoms with Crippen LogP contribution < -0.4 is 9.47 Å². The van der Waals surface area contributed by atoms with Crippen molar-refractivity contribution >= 4 is 15.9 Å². The van der Waals surface area contributed by atoms with Gasteiger partial charge in [0.05, 0.1) is 13.2 Å². The lowest BCUT2D eigenvalue weighted by atomic mass is 10.1. The molecule has 1 atom stereocenters. The first-order valence-corrected chi connectivity index (χ1v) is 7.14. The maximum absolute atomic E-state index is 5.73. The van der Waals surface area contributed by atoms with Crippen molar-refractivity contribution in [1.82, 2.24) is 0 Å². The molecule has 0 saturated carbocycles. The normalized spacial score (nSPS) is 12.2. The molecule has 1 rings (SSSR count). The van der Waals surface area contributed by atoms with Gasteiger partial charge < -0.3 is 9.47 Å². The molecule has 1 aromatic rings. The molecule has 0 aliphatic carbocycles. The molecule has 0 bridgehead atoms. The summed E-state index contributed by atoms with van der Waals surface area (Å²) in [5, 5.41) is 0. The van der Waals surface area contributed by atoms with Crippen molar-refractivity contribution in [3.63, 3.8) is 0 Å². The molecular formula is C14H21BrO2. The van der Waals surface area contributed by atoms with E-state index in [-0.39, 0.29) is 0 Å². The van der Waals surface area contributed by atoms with Gasteiger partial charge >= 0.3 is 0 Å². The second-order valence-electron chi connectivity index (χ2n) is 4.02. The van der Waals surface area contributed by atoms with E-state index in [1.54, 1.807) is 0 Å². The molecule has 0 aliphatic heterocycles. The zero-order chi connectivity index (χ0) is 12.7. The molecule has 0 amide bonds. The van der Waals surface area contributed by atoms with Gasteiger partial charge in [-0.3, -0.25) is 0 Å². The van der Waals surface area contributed by atoms with Gasteiger partial charge in [-0.2, -0.15) is 0 Å². The minimum Gasteiger partial charge on any atom is -0.490 e. The van der Waals surface area contributed by atoms with Crippen LogP contribution in [-0.2, 0) is 0 Å². The molecule has 3 heteroatoms. The van der Waals surface area contributed by atoms with Gasteiger partial charge in [-0.1, -0.05) is 35.8 Å². The number of benzene rings is 1. The number of halogens is 1. The molecular weight excluding hydrogens is 280 g/mol. The topological polar surface area (TPSA) is 18.5 Å². The Morgan fingerprint density at radius 1 is 1.06 bits per heavy atom. The van der Waals surface area contributed by atoms with Crippen molar-refractivity contribution in [2.24, 2.45) is 0 Å². The van der Waals surface area contributed by atoms with E-state index < -0.39 is 0 Å². The number of ether oxygens (including phenoxy) is 2. The van der Waals surface area contributed by atoms with Crippen LogP contribution in [-0.4, -0.2) is 13.2 Å². The van der Waals surface area contributed by atoms with E-state index >= 15 is 0 Å². The fraction of sp³-hybridized carbons (Fsp3) is 0.571.